The van der Waals surface area contributed by atoms with Crippen molar-refractivity contribution in [3.8, 4) is 28.1 Å². The average molecular weight is 983 g/mol. The number of cyclic esters (lactones) is 1. The number of anilines is 1. The SMILES string of the molecule is CCn1c(-c2ccccc2CCOC)c2c3cc(ccc31)-c1cc(O)cc(c1)C[C@H](NC(=O)C(C(C)C)N(C)C(=O)c1ccc(NC(=O)/C=C/CN(C)C)nc1)C(=O)N1CCC[C@H](N1)C(=O)OCC(C)(C)C2. The second kappa shape index (κ2) is 23.1. The van der Waals surface area contributed by atoms with E-state index in [1.165, 1.54) is 41.4 Å². The van der Waals surface area contributed by atoms with Gasteiger partial charge < -0.3 is 39.6 Å². The highest BCUT2D eigenvalue weighted by molar-refractivity contribution is 6.00. The number of pyridine rings is 1. The smallest absolute Gasteiger partial charge is 0.324 e. The Morgan fingerprint density at radius 3 is 2.51 bits per heavy atom. The molecule has 1 fully saturated rings. The summed E-state index contributed by atoms with van der Waals surface area (Å²) in [6.07, 6.45) is 6.68. The monoisotopic (exact) mass is 983 g/mol. The largest absolute Gasteiger partial charge is 0.508 e. The van der Waals surface area contributed by atoms with Gasteiger partial charge in [-0.1, -0.05) is 70.2 Å². The Labute approximate surface area is 422 Å². The minimum absolute atomic E-state index is 0.0148. The standard InChI is InChI=1S/C56H70N8O8/c1-10-63-47-21-19-38-31-43(47)44(51(63)42-16-12-11-15-37(42)23-26-71-9)32-56(4,5)34-72-55(70)45-17-13-25-64(60-45)54(69)46(29-36-27-40(38)30-41(65)28-36)58-52(67)50(35(2)3)62(8)53(68)39-20-22-48(57-33-39)59-49(66)18-14-24-61(6)7/h11-12,14-16,18-22,27-28,30-31,33,35,45-46,50,60,65H,10,13,17,23-26,29,32,34H2,1-9H3,(H,58,67)(H,57,59,66)/b18-14+/t45-,46-,50?/m0/s1. The van der Waals surface area contributed by atoms with Crippen LogP contribution < -0.4 is 16.1 Å². The quantitative estimate of drug-likeness (QED) is 0.0679. The number of rotatable bonds is 14. The van der Waals surface area contributed by atoms with Crippen molar-refractivity contribution in [2.45, 2.75) is 91.4 Å². The number of likely N-dealkylation sites (N-methyl/N-ethyl adjacent to an activating group) is 2. The molecule has 0 aliphatic carbocycles. The van der Waals surface area contributed by atoms with Crippen molar-refractivity contribution < 1.29 is 38.6 Å². The second-order valence-electron chi connectivity index (χ2n) is 20.3. The van der Waals surface area contributed by atoms with E-state index in [1.807, 2.05) is 51.0 Å². The Morgan fingerprint density at radius 1 is 1.03 bits per heavy atom. The zero-order valence-electron chi connectivity index (χ0n) is 43.1. The number of phenolic OH excluding ortho intramolecular Hbond substituents is 1. The van der Waals surface area contributed by atoms with E-state index in [0.29, 0.717) is 44.5 Å². The lowest BCUT2D eigenvalue weighted by Crippen LogP contribution is -2.62. The highest BCUT2D eigenvalue weighted by Gasteiger charge is 2.38. The lowest BCUT2D eigenvalue weighted by atomic mass is 9.83. The van der Waals surface area contributed by atoms with Crippen molar-refractivity contribution in [3.05, 3.63) is 113 Å². The maximum absolute atomic E-state index is 14.8. The Bertz CT molecular complexity index is 2820. The fourth-order valence-electron chi connectivity index (χ4n) is 9.84. The highest BCUT2D eigenvalue weighted by atomic mass is 16.5. The van der Waals surface area contributed by atoms with Crippen LogP contribution in [0.4, 0.5) is 5.82 Å². The summed E-state index contributed by atoms with van der Waals surface area (Å²) < 4.78 is 14.0. The molecule has 0 radical (unpaired) electrons. The number of hydrogen-bond donors (Lipinski definition) is 4. The molecule has 3 aromatic carbocycles. The normalized spacial score (nSPS) is 17.7. The van der Waals surface area contributed by atoms with Crippen LogP contribution in [0.1, 0.15) is 74.5 Å². The summed E-state index contributed by atoms with van der Waals surface area (Å²) in [7, 11) is 7.01. The fraction of sp³-hybridized carbons (Fsp3) is 0.429. The maximum Gasteiger partial charge on any atom is 0.324 e. The van der Waals surface area contributed by atoms with E-state index in [9.17, 15) is 29.1 Å². The highest BCUT2D eigenvalue weighted by Crippen LogP contribution is 2.41. The van der Waals surface area contributed by atoms with Gasteiger partial charge in [-0.05, 0) is 117 Å². The number of methoxy groups -OCH3 is 1. The third-order valence-corrected chi connectivity index (χ3v) is 13.3. The first-order chi connectivity index (χ1) is 34.4. The van der Waals surface area contributed by atoms with Crippen molar-refractivity contribution in [3.63, 3.8) is 0 Å². The van der Waals surface area contributed by atoms with Gasteiger partial charge in [-0.15, -0.1) is 0 Å². The minimum Gasteiger partial charge on any atom is -0.508 e. The van der Waals surface area contributed by atoms with Gasteiger partial charge in [0.2, 0.25) is 11.8 Å². The van der Waals surface area contributed by atoms with Crippen LogP contribution in [0.5, 0.6) is 5.75 Å². The molecule has 7 rings (SSSR count). The molecule has 6 bridgehead atoms. The first-order valence-corrected chi connectivity index (χ1v) is 24.8. The molecule has 72 heavy (non-hydrogen) atoms. The maximum atomic E-state index is 14.8. The van der Waals surface area contributed by atoms with Gasteiger partial charge >= 0.3 is 5.97 Å². The minimum atomic E-state index is -1.19. The van der Waals surface area contributed by atoms with Crippen molar-refractivity contribution >= 4 is 46.3 Å². The van der Waals surface area contributed by atoms with Crippen LogP contribution in [0.15, 0.2) is 91.1 Å². The van der Waals surface area contributed by atoms with Gasteiger partial charge in [0.05, 0.1) is 24.5 Å². The number of carbonyl (C=O) groups excluding carboxylic acids is 5. The molecule has 1 saturated heterocycles. The number of hydrazine groups is 1. The number of amides is 4. The van der Waals surface area contributed by atoms with Gasteiger partial charge in [-0.25, -0.2) is 10.4 Å². The summed E-state index contributed by atoms with van der Waals surface area (Å²) in [5, 5.41) is 19.5. The molecule has 3 atom stereocenters. The molecule has 2 aromatic heterocycles. The Balaban J connectivity index is 1.25. The van der Waals surface area contributed by atoms with Gasteiger partial charge in [0.25, 0.3) is 11.8 Å². The average Bonchev–Trinajstić information content (AvgIpc) is 3.65. The first kappa shape index (κ1) is 52.9. The lowest BCUT2D eigenvalue weighted by Gasteiger charge is -2.36. The third-order valence-electron chi connectivity index (χ3n) is 13.3. The van der Waals surface area contributed by atoms with Crippen LogP contribution in [0.2, 0.25) is 0 Å². The van der Waals surface area contributed by atoms with Gasteiger partial charge in [0.1, 0.15) is 29.7 Å². The summed E-state index contributed by atoms with van der Waals surface area (Å²) in [6.45, 7) is 12.2. The molecule has 1 unspecified atom stereocenters. The van der Waals surface area contributed by atoms with Crippen molar-refractivity contribution in [2.75, 3.05) is 59.9 Å². The second-order valence-corrected chi connectivity index (χ2v) is 20.3. The van der Waals surface area contributed by atoms with Gasteiger partial charge in [0, 0.05) is 74.4 Å². The van der Waals surface area contributed by atoms with E-state index in [1.54, 1.807) is 25.3 Å². The molecule has 0 saturated carbocycles. The number of aryl methyl sites for hydroxylation is 1. The molecular formula is C56H70N8O8. The van der Waals surface area contributed by atoms with Crippen LogP contribution in [0.3, 0.4) is 0 Å². The number of ether oxygens (including phenoxy) is 2. The van der Waals surface area contributed by atoms with E-state index in [-0.39, 0.29) is 42.6 Å². The molecule has 4 N–H and O–H groups in total. The number of carbonyl (C=O) groups is 5. The van der Waals surface area contributed by atoms with Crippen LogP contribution in [0.25, 0.3) is 33.3 Å². The number of aromatic nitrogens is 2. The summed E-state index contributed by atoms with van der Waals surface area (Å²) in [5.41, 5.74) is 10.4. The van der Waals surface area contributed by atoms with Crippen LogP contribution >= 0.6 is 0 Å². The van der Waals surface area contributed by atoms with Gasteiger partial charge in [-0.3, -0.25) is 29.0 Å². The predicted octanol–water partition coefficient (Wildman–Crippen LogP) is 6.79. The molecule has 16 nitrogen and oxygen atoms in total. The molecule has 2 aliphatic rings. The summed E-state index contributed by atoms with van der Waals surface area (Å²) in [5.74, 6) is -2.57. The molecule has 0 spiro atoms. The third kappa shape index (κ3) is 12.4. The van der Waals surface area contributed by atoms with Crippen LogP contribution in [-0.2, 0) is 54.5 Å². The first-order valence-electron chi connectivity index (χ1n) is 24.8. The number of benzene rings is 3. The molecule has 4 amide bonds. The van der Waals surface area contributed by atoms with E-state index < -0.39 is 53.1 Å². The number of fused-ring (bicyclic) bond motifs is 6. The molecule has 4 heterocycles. The number of aromatic hydroxyl groups is 1. The topological polar surface area (TPSA) is 188 Å². The van der Waals surface area contributed by atoms with Crippen LogP contribution in [-0.4, -0.2) is 132 Å². The zero-order chi connectivity index (χ0) is 51.9. The fourth-order valence-corrected chi connectivity index (χ4v) is 9.84. The predicted molar refractivity (Wildman–Crippen MR) is 279 cm³/mol. The Morgan fingerprint density at radius 2 is 1.81 bits per heavy atom. The number of hydrogen-bond acceptors (Lipinski definition) is 11. The summed E-state index contributed by atoms with van der Waals surface area (Å²) in [6, 6.07) is 19.9. The molecule has 5 aromatic rings. The number of esters is 1. The van der Waals surface area contributed by atoms with E-state index in [2.05, 4.69) is 76.7 Å². The van der Waals surface area contributed by atoms with Crippen molar-refractivity contribution in [1.82, 2.24) is 35.1 Å². The van der Waals surface area contributed by atoms with E-state index >= 15 is 0 Å². The molecule has 16 heteroatoms. The Hall–Kier alpha value is -6.88. The number of nitrogens with zero attached hydrogens (tertiary/aromatic N) is 5. The zero-order valence-corrected chi connectivity index (χ0v) is 43.1. The number of phenols is 1. The molecular weight excluding hydrogens is 913 g/mol. The summed E-state index contributed by atoms with van der Waals surface area (Å²) >= 11 is 0. The molecule has 2 aliphatic heterocycles. The van der Waals surface area contributed by atoms with Crippen LogP contribution in [0, 0.1) is 11.3 Å². The number of nitrogens with one attached hydrogen (secondary N) is 3. The van der Waals surface area contributed by atoms with Crippen molar-refractivity contribution in [2.24, 2.45) is 11.3 Å². The van der Waals surface area contributed by atoms with E-state index in [4.69, 9.17) is 9.47 Å². The van der Waals surface area contributed by atoms with Gasteiger partial charge in [0.15, 0.2) is 0 Å². The van der Waals surface area contributed by atoms with Gasteiger partial charge in [-0.2, -0.15) is 0 Å². The molecule has 382 valence electrons. The lowest BCUT2D eigenvalue weighted by molar-refractivity contribution is -0.155. The summed E-state index contributed by atoms with van der Waals surface area (Å²) in [4.78, 5) is 77.3. The van der Waals surface area contributed by atoms with E-state index in [0.717, 1.165) is 50.8 Å². The Kier molecular flexibility index (Phi) is 17.0. The van der Waals surface area contributed by atoms with Crippen molar-refractivity contribution in [1.29, 1.82) is 0 Å².